The lowest BCUT2D eigenvalue weighted by molar-refractivity contribution is -0.705. The Morgan fingerprint density at radius 2 is 1.59 bits per heavy atom. The molecule has 0 aliphatic heterocycles. The van der Waals surface area contributed by atoms with Gasteiger partial charge in [0.25, 0.3) is 5.91 Å². The predicted molar refractivity (Wildman–Crippen MR) is 103 cm³/mol. The number of rotatable bonds is 6. The molecular weight excluding hydrogens is 340 g/mol. The first-order valence-corrected chi connectivity index (χ1v) is 8.68. The van der Waals surface area contributed by atoms with Crippen molar-refractivity contribution in [2.24, 2.45) is 0 Å². The Hall–Kier alpha value is -3.47. The van der Waals surface area contributed by atoms with E-state index in [1.807, 2.05) is 30.3 Å². The number of nitrogens with zero attached hydrogens (tertiary/aromatic N) is 1. The highest BCUT2D eigenvalue weighted by Gasteiger charge is 2.22. The number of nitrogens with one attached hydrogen (secondary N) is 1. The van der Waals surface area contributed by atoms with Crippen LogP contribution in [0, 0.1) is 0 Å². The average Bonchev–Trinajstić information content (AvgIpc) is 2.69. The third-order valence-corrected chi connectivity index (χ3v) is 4.16. The minimum absolute atomic E-state index is 0.0361. The van der Waals surface area contributed by atoms with Gasteiger partial charge in [-0.1, -0.05) is 18.2 Å². The normalized spacial score (nSPS) is 11.5. The van der Waals surface area contributed by atoms with E-state index in [-0.39, 0.29) is 11.7 Å². The molecule has 0 aliphatic carbocycles. The maximum Gasteiger partial charge on any atom is 0.293 e. The summed E-state index contributed by atoms with van der Waals surface area (Å²) in [4.78, 5) is 24.0. The Balaban J connectivity index is 1.65. The largest absolute Gasteiger partial charge is 0.457 e. The van der Waals surface area contributed by atoms with E-state index in [4.69, 9.17) is 4.74 Å². The van der Waals surface area contributed by atoms with E-state index in [0.29, 0.717) is 17.0 Å². The molecule has 0 bridgehead atoms. The second-order valence-corrected chi connectivity index (χ2v) is 6.20. The fourth-order valence-corrected chi connectivity index (χ4v) is 2.55. The van der Waals surface area contributed by atoms with Crippen molar-refractivity contribution < 1.29 is 18.9 Å². The average molecular weight is 361 g/mol. The minimum atomic E-state index is -0.454. The third kappa shape index (κ3) is 4.79. The number of pyridine rings is 1. The quantitative estimate of drug-likeness (QED) is 0.529. The summed E-state index contributed by atoms with van der Waals surface area (Å²) in [5.41, 5.74) is 1.25. The van der Waals surface area contributed by atoms with Gasteiger partial charge >= 0.3 is 0 Å². The molecular formula is C22H21N2O3+. The molecule has 0 aliphatic rings. The van der Waals surface area contributed by atoms with Crippen LogP contribution in [0.4, 0.5) is 5.69 Å². The molecule has 5 nitrogen and oxygen atoms in total. The summed E-state index contributed by atoms with van der Waals surface area (Å²) in [6, 6.07) is 19.7. The molecule has 2 aromatic carbocycles. The van der Waals surface area contributed by atoms with Gasteiger partial charge in [-0.25, -0.2) is 0 Å². The topological polar surface area (TPSA) is 59.3 Å². The molecule has 3 aromatic rings. The van der Waals surface area contributed by atoms with Crippen LogP contribution in [0.5, 0.6) is 11.5 Å². The van der Waals surface area contributed by atoms with E-state index in [2.05, 4.69) is 5.32 Å². The number of hydrogen-bond donors (Lipinski definition) is 1. The second-order valence-electron chi connectivity index (χ2n) is 6.20. The SMILES string of the molecule is CC(=O)c1ccc[n+]([C@H](C)C(=O)Nc2ccc(Oc3ccccc3)cc2)c1. The fraction of sp³-hybridized carbons (Fsp3) is 0.136. The number of Topliss-reactive ketones (excluding diaryl/α,β-unsaturated/α-hetero) is 1. The highest BCUT2D eigenvalue weighted by Crippen LogP contribution is 2.22. The number of ether oxygens (including phenoxy) is 1. The molecule has 1 N–H and O–H groups in total. The summed E-state index contributed by atoms with van der Waals surface area (Å²) < 4.78 is 7.46. The van der Waals surface area contributed by atoms with Gasteiger partial charge in [-0.15, -0.1) is 0 Å². The van der Waals surface area contributed by atoms with Gasteiger partial charge in [0.05, 0.1) is 5.56 Å². The van der Waals surface area contributed by atoms with Crippen molar-refractivity contribution in [2.75, 3.05) is 5.32 Å². The first-order chi connectivity index (χ1) is 13.0. The number of aromatic nitrogens is 1. The summed E-state index contributed by atoms with van der Waals surface area (Å²) in [5.74, 6) is 1.24. The number of hydrogen-bond acceptors (Lipinski definition) is 3. The van der Waals surface area contributed by atoms with Gasteiger partial charge < -0.3 is 10.1 Å². The van der Waals surface area contributed by atoms with E-state index in [9.17, 15) is 9.59 Å². The van der Waals surface area contributed by atoms with Crippen molar-refractivity contribution in [1.82, 2.24) is 0 Å². The number of carbonyl (C=O) groups excluding carboxylic acids is 2. The molecule has 0 saturated heterocycles. The van der Waals surface area contributed by atoms with Crippen molar-refractivity contribution in [3.8, 4) is 11.5 Å². The van der Waals surface area contributed by atoms with Crippen LogP contribution >= 0.6 is 0 Å². The third-order valence-electron chi connectivity index (χ3n) is 4.16. The van der Waals surface area contributed by atoms with Gasteiger partial charge in [0, 0.05) is 18.7 Å². The van der Waals surface area contributed by atoms with E-state index in [1.54, 1.807) is 60.3 Å². The molecule has 136 valence electrons. The smallest absolute Gasteiger partial charge is 0.293 e. The van der Waals surface area contributed by atoms with Gasteiger partial charge in [0.2, 0.25) is 6.04 Å². The fourth-order valence-electron chi connectivity index (χ4n) is 2.55. The summed E-state index contributed by atoms with van der Waals surface area (Å²) >= 11 is 0. The Morgan fingerprint density at radius 3 is 2.26 bits per heavy atom. The van der Waals surface area contributed by atoms with Crippen LogP contribution in [0.25, 0.3) is 0 Å². The molecule has 1 aromatic heterocycles. The predicted octanol–water partition coefficient (Wildman–Crippen LogP) is 4.17. The first-order valence-electron chi connectivity index (χ1n) is 8.68. The monoisotopic (exact) mass is 361 g/mol. The Bertz CT molecular complexity index is 937. The molecule has 0 unspecified atom stereocenters. The summed E-state index contributed by atoms with van der Waals surface area (Å²) in [5, 5.41) is 2.88. The molecule has 3 rings (SSSR count). The standard InChI is InChI=1S/C22H20N2O3/c1-16(24-14-6-7-18(15-24)17(2)25)22(26)23-19-10-12-21(13-11-19)27-20-8-4-3-5-9-20/h3-16H,1-2H3/p+1/t16-/m1/s1. The number of para-hydroxylation sites is 1. The molecule has 0 fully saturated rings. The van der Waals surface area contributed by atoms with Crippen molar-refractivity contribution >= 4 is 17.4 Å². The Morgan fingerprint density at radius 1 is 0.926 bits per heavy atom. The van der Waals surface area contributed by atoms with Gasteiger partial charge in [-0.2, -0.15) is 4.57 Å². The number of ketones is 1. The van der Waals surface area contributed by atoms with Crippen molar-refractivity contribution in [1.29, 1.82) is 0 Å². The van der Waals surface area contributed by atoms with Gasteiger partial charge in [-0.3, -0.25) is 9.59 Å². The highest BCUT2D eigenvalue weighted by atomic mass is 16.5. The summed E-state index contributed by atoms with van der Waals surface area (Å²) in [6.45, 7) is 3.29. The maximum atomic E-state index is 12.5. The van der Waals surface area contributed by atoms with Crippen LogP contribution in [0.15, 0.2) is 79.1 Å². The molecule has 5 heteroatoms. The molecule has 1 heterocycles. The number of carbonyl (C=O) groups is 2. The van der Waals surface area contributed by atoms with Crippen LogP contribution < -0.4 is 14.6 Å². The van der Waals surface area contributed by atoms with Gasteiger partial charge in [0.1, 0.15) is 11.5 Å². The molecule has 27 heavy (non-hydrogen) atoms. The van der Waals surface area contributed by atoms with Crippen molar-refractivity contribution in [2.45, 2.75) is 19.9 Å². The molecule has 1 amide bonds. The van der Waals surface area contributed by atoms with E-state index in [0.717, 1.165) is 5.75 Å². The Labute approximate surface area is 158 Å². The van der Waals surface area contributed by atoms with E-state index < -0.39 is 6.04 Å². The molecule has 1 atom stereocenters. The molecule has 0 saturated carbocycles. The van der Waals surface area contributed by atoms with Crippen LogP contribution in [-0.2, 0) is 4.79 Å². The lowest BCUT2D eigenvalue weighted by Gasteiger charge is -2.10. The molecule has 0 spiro atoms. The zero-order valence-electron chi connectivity index (χ0n) is 15.3. The summed E-state index contributed by atoms with van der Waals surface area (Å²) in [6.07, 6.45) is 3.46. The number of benzene rings is 2. The Kier molecular flexibility index (Phi) is 5.61. The van der Waals surface area contributed by atoms with Gasteiger partial charge in [0.15, 0.2) is 18.2 Å². The van der Waals surface area contributed by atoms with Crippen LogP contribution in [0.2, 0.25) is 0 Å². The lowest BCUT2D eigenvalue weighted by Crippen LogP contribution is -2.44. The van der Waals surface area contributed by atoms with E-state index in [1.165, 1.54) is 6.92 Å². The zero-order chi connectivity index (χ0) is 19.2. The zero-order valence-corrected chi connectivity index (χ0v) is 15.3. The first kappa shape index (κ1) is 18.3. The second kappa shape index (κ2) is 8.27. The number of anilines is 1. The van der Waals surface area contributed by atoms with E-state index >= 15 is 0 Å². The lowest BCUT2D eigenvalue weighted by atomic mass is 10.2. The maximum absolute atomic E-state index is 12.5. The van der Waals surface area contributed by atoms with Gasteiger partial charge in [-0.05, 0) is 49.4 Å². The highest BCUT2D eigenvalue weighted by molar-refractivity contribution is 5.94. The van der Waals surface area contributed by atoms with Crippen molar-refractivity contribution in [3.05, 3.63) is 84.7 Å². The minimum Gasteiger partial charge on any atom is -0.457 e. The summed E-state index contributed by atoms with van der Waals surface area (Å²) in [7, 11) is 0. The number of amides is 1. The van der Waals surface area contributed by atoms with Crippen molar-refractivity contribution in [3.63, 3.8) is 0 Å². The van der Waals surface area contributed by atoms with Crippen LogP contribution in [-0.4, -0.2) is 11.7 Å². The van der Waals surface area contributed by atoms with Crippen LogP contribution in [0.3, 0.4) is 0 Å². The van der Waals surface area contributed by atoms with Crippen LogP contribution in [0.1, 0.15) is 30.2 Å². The molecule has 0 radical (unpaired) electrons.